The normalized spacial score (nSPS) is 12.6. The fraction of sp³-hybridized carbons (Fsp3) is 1.00. The molecule has 0 bridgehead atoms. The first-order chi connectivity index (χ1) is 14.0. The van der Waals surface area contributed by atoms with Gasteiger partial charge in [-0.25, -0.2) is 8.42 Å². The Hall–Kier alpha value is 1.51. The SMILES string of the molecule is CCCCCCCCCCCCCCCC(O)CCCCCCCCS(=O)(=O)[O-].[K+]. The van der Waals surface area contributed by atoms with E-state index in [0.717, 1.165) is 51.4 Å². The van der Waals surface area contributed by atoms with Crippen molar-refractivity contribution in [3.05, 3.63) is 0 Å². The summed E-state index contributed by atoms with van der Waals surface area (Å²) >= 11 is 0. The molecule has 0 radical (unpaired) electrons. The largest absolute Gasteiger partial charge is 1.00 e. The van der Waals surface area contributed by atoms with Crippen molar-refractivity contribution in [2.24, 2.45) is 0 Å². The Morgan fingerprint density at radius 2 is 0.900 bits per heavy atom. The zero-order chi connectivity index (χ0) is 21.6. The maximum Gasteiger partial charge on any atom is 1.00 e. The van der Waals surface area contributed by atoms with Crippen LogP contribution in [0.3, 0.4) is 0 Å². The first-order valence-electron chi connectivity index (χ1n) is 12.6. The molecule has 0 spiro atoms. The van der Waals surface area contributed by atoms with Crippen molar-refractivity contribution in [3.63, 3.8) is 0 Å². The van der Waals surface area contributed by atoms with Gasteiger partial charge in [0, 0.05) is 5.75 Å². The van der Waals surface area contributed by atoms with Crippen LogP contribution in [0.4, 0.5) is 0 Å². The van der Waals surface area contributed by atoms with E-state index in [1.54, 1.807) is 0 Å². The van der Waals surface area contributed by atoms with Gasteiger partial charge in [-0.05, 0) is 19.3 Å². The van der Waals surface area contributed by atoms with Gasteiger partial charge >= 0.3 is 51.4 Å². The van der Waals surface area contributed by atoms with Crippen LogP contribution in [0.25, 0.3) is 0 Å². The van der Waals surface area contributed by atoms with E-state index in [0.29, 0.717) is 6.42 Å². The van der Waals surface area contributed by atoms with Gasteiger partial charge in [-0.1, -0.05) is 122 Å². The van der Waals surface area contributed by atoms with Crippen molar-refractivity contribution in [1.82, 2.24) is 0 Å². The Bertz CT molecular complexity index is 429. The molecule has 0 aliphatic heterocycles. The molecule has 1 unspecified atom stereocenters. The molecule has 0 heterocycles. The predicted octanol–water partition coefficient (Wildman–Crippen LogP) is 4.11. The monoisotopic (exact) mass is 472 g/mol. The molecule has 0 amide bonds. The number of rotatable bonds is 23. The van der Waals surface area contributed by atoms with Crippen LogP contribution in [0.2, 0.25) is 0 Å². The molecular weight excluding hydrogens is 423 g/mol. The molecule has 0 rings (SSSR count). The molecule has 6 heteroatoms. The molecule has 0 aromatic heterocycles. The van der Waals surface area contributed by atoms with Crippen LogP contribution in [0.15, 0.2) is 0 Å². The molecule has 0 saturated heterocycles. The number of unbranched alkanes of at least 4 members (excludes halogenated alkanes) is 17. The van der Waals surface area contributed by atoms with E-state index in [1.165, 1.54) is 77.0 Å². The van der Waals surface area contributed by atoms with Crippen molar-refractivity contribution in [2.75, 3.05) is 5.75 Å². The molecule has 1 N–H and O–H groups in total. The molecule has 1 atom stereocenters. The summed E-state index contributed by atoms with van der Waals surface area (Å²) < 4.78 is 31.5. The average Bonchev–Trinajstić information content (AvgIpc) is 2.66. The van der Waals surface area contributed by atoms with E-state index in [9.17, 15) is 18.1 Å². The molecule has 4 nitrogen and oxygen atoms in total. The fourth-order valence-corrected chi connectivity index (χ4v) is 4.47. The third kappa shape index (κ3) is 29.5. The van der Waals surface area contributed by atoms with Crippen molar-refractivity contribution in [1.29, 1.82) is 0 Å². The van der Waals surface area contributed by atoms with Gasteiger partial charge in [-0.3, -0.25) is 0 Å². The zero-order valence-electron chi connectivity index (χ0n) is 20.2. The minimum atomic E-state index is -4.04. The second-order valence-corrected chi connectivity index (χ2v) is 10.4. The quantitative estimate of drug-likeness (QED) is 0.138. The summed E-state index contributed by atoms with van der Waals surface area (Å²) in [6.07, 6.45) is 24.7. The van der Waals surface area contributed by atoms with Gasteiger partial charge in [-0.15, -0.1) is 0 Å². The van der Waals surface area contributed by atoms with Gasteiger partial charge in [0.2, 0.25) is 0 Å². The van der Waals surface area contributed by atoms with E-state index in [-0.39, 0.29) is 63.2 Å². The summed E-state index contributed by atoms with van der Waals surface area (Å²) in [6, 6.07) is 0. The van der Waals surface area contributed by atoms with Gasteiger partial charge in [0.1, 0.15) is 0 Å². The van der Waals surface area contributed by atoms with E-state index in [4.69, 9.17) is 0 Å². The van der Waals surface area contributed by atoms with Crippen molar-refractivity contribution < 1.29 is 69.5 Å². The third-order valence-corrected chi connectivity index (χ3v) is 6.61. The number of hydrogen-bond donors (Lipinski definition) is 1. The topological polar surface area (TPSA) is 77.4 Å². The maximum absolute atomic E-state index is 10.5. The number of hydrogen-bond acceptors (Lipinski definition) is 4. The maximum atomic E-state index is 10.5. The van der Waals surface area contributed by atoms with Crippen molar-refractivity contribution in [2.45, 2.75) is 148 Å². The van der Waals surface area contributed by atoms with Crippen molar-refractivity contribution >= 4 is 10.1 Å². The Labute approximate surface area is 230 Å². The standard InChI is InChI=1S/C24H50O4S.K/c1-2-3-4-5-6-7-8-9-10-11-12-15-18-21-24(25)22-19-16-13-14-17-20-23-29(26,27)28;/h24-25H,2-23H2,1H3,(H,26,27,28);/q;+1/p-1. The second-order valence-electron chi connectivity index (χ2n) is 8.86. The molecule has 0 fully saturated rings. The number of aliphatic hydroxyl groups excluding tert-OH is 1. The van der Waals surface area contributed by atoms with Crippen LogP contribution in [-0.4, -0.2) is 29.9 Å². The molecule has 0 aromatic rings. The Morgan fingerprint density at radius 1 is 0.600 bits per heavy atom. The van der Waals surface area contributed by atoms with Gasteiger partial charge < -0.3 is 9.66 Å². The van der Waals surface area contributed by atoms with Crippen LogP contribution < -0.4 is 51.4 Å². The van der Waals surface area contributed by atoms with Gasteiger partial charge in [0.25, 0.3) is 0 Å². The Kier molecular flexibility index (Phi) is 28.2. The zero-order valence-corrected chi connectivity index (χ0v) is 24.2. The third-order valence-electron chi connectivity index (χ3n) is 5.82. The molecular formula is C24H49KO4S. The van der Waals surface area contributed by atoms with Crippen LogP contribution >= 0.6 is 0 Å². The summed E-state index contributed by atoms with van der Waals surface area (Å²) in [5.41, 5.74) is 0. The summed E-state index contributed by atoms with van der Waals surface area (Å²) in [4.78, 5) is 0. The second kappa shape index (κ2) is 25.1. The van der Waals surface area contributed by atoms with Crippen LogP contribution in [0.1, 0.15) is 142 Å². The Morgan fingerprint density at radius 3 is 1.23 bits per heavy atom. The average molecular weight is 473 g/mol. The minimum Gasteiger partial charge on any atom is -0.748 e. The van der Waals surface area contributed by atoms with Crippen molar-refractivity contribution in [3.8, 4) is 0 Å². The van der Waals surface area contributed by atoms with Crippen LogP contribution in [-0.2, 0) is 10.1 Å². The predicted molar refractivity (Wildman–Crippen MR) is 123 cm³/mol. The summed E-state index contributed by atoms with van der Waals surface area (Å²) in [5.74, 6) is -0.231. The fourth-order valence-electron chi connectivity index (χ4n) is 3.91. The summed E-state index contributed by atoms with van der Waals surface area (Å²) in [5, 5.41) is 10.1. The first kappa shape index (κ1) is 33.7. The summed E-state index contributed by atoms with van der Waals surface area (Å²) in [7, 11) is -4.04. The Balaban J connectivity index is 0. The first-order valence-corrected chi connectivity index (χ1v) is 14.1. The molecule has 0 aliphatic rings. The molecule has 0 saturated carbocycles. The van der Waals surface area contributed by atoms with E-state index < -0.39 is 10.1 Å². The van der Waals surface area contributed by atoms with Crippen LogP contribution in [0.5, 0.6) is 0 Å². The van der Waals surface area contributed by atoms with E-state index in [2.05, 4.69) is 6.92 Å². The molecule has 0 aromatic carbocycles. The molecule has 0 aliphatic carbocycles. The van der Waals surface area contributed by atoms with Crippen LogP contribution in [0, 0.1) is 0 Å². The van der Waals surface area contributed by atoms with Gasteiger partial charge in [0.05, 0.1) is 16.2 Å². The molecule has 30 heavy (non-hydrogen) atoms. The summed E-state index contributed by atoms with van der Waals surface area (Å²) in [6.45, 7) is 2.27. The van der Waals surface area contributed by atoms with E-state index >= 15 is 0 Å². The molecule has 176 valence electrons. The minimum absolute atomic E-state index is 0. The van der Waals surface area contributed by atoms with Gasteiger partial charge in [-0.2, -0.15) is 0 Å². The smallest absolute Gasteiger partial charge is 0.748 e. The van der Waals surface area contributed by atoms with E-state index in [1.807, 2.05) is 0 Å². The van der Waals surface area contributed by atoms with Gasteiger partial charge in [0.15, 0.2) is 0 Å². The number of aliphatic hydroxyl groups is 1.